The second kappa shape index (κ2) is 5.69. The predicted molar refractivity (Wildman–Crippen MR) is 58.4 cm³/mol. The number of hydrogen-bond acceptors (Lipinski definition) is 1. The van der Waals surface area contributed by atoms with Gasteiger partial charge in [-0.05, 0) is 30.5 Å². The maximum Gasteiger partial charge on any atom is 0.389 e. The lowest BCUT2D eigenvalue weighted by molar-refractivity contribution is -0.136. The van der Waals surface area contributed by atoms with E-state index in [1.54, 1.807) is 6.07 Å². The molecule has 1 aromatic carbocycles. The summed E-state index contributed by atoms with van der Waals surface area (Å²) in [5.74, 6) is -0.591. The van der Waals surface area contributed by atoms with E-state index in [-0.39, 0.29) is 17.9 Å². The van der Waals surface area contributed by atoms with Crippen molar-refractivity contribution in [3.63, 3.8) is 0 Å². The van der Waals surface area contributed by atoms with Crippen LogP contribution in [0.2, 0.25) is 5.02 Å². The van der Waals surface area contributed by atoms with Crippen LogP contribution in [0.5, 0.6) is 0 Å². The summed E-state index contributed by atoms with van der Waals surface area (Å²) < 4.78 is 48.9. The van der Waals surface area contributed by atoms with Crippen LogP contribution in [-0.2, 0) is 6.42 Å². The van der Waals surface area contributed by atoms with Crippen molar-refractivity contribution in [3.05, 3.63) is 34.6 Å². The zero-order chi connectivity index (χ0) is 13.1. The molecule has 0 aliphatic rings. The van der Waals surface area contributed by atoms with Crippen molar-refractivity contribution < 1.29 is 17.6 Å². The Morgan fingerprint density at radius 3 is 2.47 bits per heavy atom. The van der Waals surface area contributed by atoms with Crippen LogP contribution in [0, 0.1) is 5.82 Å². The van der Waals surface area contributed by atoms with E-state index in [9.17, 15) is 17.6 Å². The van der Waals surface area contributed by atoms with Gasteiger partial charge in [0.1, 0.15) is 5.82 Å². The van der Waals surface area contributed by atoms with Gasteiger partial charge in [-0.25, -0.2) is 4.39 Å². The molecule has 17 heavy (non-hydrogen) atoms. The molecule has 0 saturated heterocycles. The maximum absolute atomic E-state index is 13.1. The zero-order valence-corrected chi connectivity index (χ0v) is 9.65. The highest BCUT2D eigenvalue weighted by Crippen LogP contribution is 2.23. The Bertz CT molecular complexity index is 378. The van der Waals surface area contributed by atoms with E-state index in [1.807, 2.05) is 0 Å². The summed E-state index contributed by atoms with van der Waals surface area (Å²) in [6.45, 7) is 0. The molecular formula is C11H12ClF4N. The molecule has 0 saturated carbocycles. The average molecular weight is 270 g/mol. The van der Waals surface area contributed by atoms with E-state index in [1.165, 1.54) is 12.1 Å². The SMILES string of the molecule is NC(CCC(F)(F)F)Cc1ccc(Cl)c(F)c1. The minimum Gasteiger partial charge on any atom is -0.327 e. The first-order valence-electron chi connectivity index (χ1n) is 5.04. The van der Waals surface area contributed by atoms with E-state index in [0.29, 0.717) is 5.56 Å². The third-order valence-corrected chi connectivity index (χ3v) is 2.59. The van der Waals surface area contributed by atoms with Gasteiger partial charge in [-0.2, -0.15) is 13.2 Å². The van der Waals surface area contributed by atoms with E-state index >= 15 is 0 Å². The third-order valence-electron chi connectivity index (χ3n) is 2.28. The van der Waals surface area contributed by atoms with Gasteiger partial charge in [0.2, 0.25) is 0 Å². The molecule has 0 fully saturated rings. The Morgan fingerprint density at radius 1 is 1.29 bits per heavy atom. The minimum atomic E-state index is -4.21. The van der Waals surface area contributed by atoms with Gasteiger partial charge in [0.05, 0.1) is 5.02 Å². The molecule has 0 amide bonds. The molecule has 0 spiro atoms. The molecular weight excluding hydrogens is 258 g/mol. The van der Waals surface area contributed by atoms with Gasteiger partial charge >= 0.3 is 6.18 Å². The standard InChI is InChI=1S/C11H12ClF4N/c12-9-2-1-7(6-10(9)13)5-8(17)3-4-11(14,15)16/h1-2,6,8H,3-5,17H2. The summed E-state index contributed by atoms with van der Waals surface area (Å²) in [7, 11) is 0. The van der Waals surface area contributed by atoms with Crippen LogP contribution in [0.25, 0.3) is 0 Å². The highest BCUT2D eigenvalue weighted by molar-refractivity contribution is 6.30. The van der Waals surface area contributed by atoms with Gasteiger partial charge in [-0.3, -0.25) is 0 Å². The van der Waals surface area contributed by atoms with Gasteiger partial charge in [-0.1, -0.05) is 17.7 Å². The molecule has 1 aromatic rings. The lowest BCUT2D eigenvalue weighted by atomic mass is 10.0. The molecule has 0 aliphatic heterocycles. The van der Waals surface area contributed by atoms with Gasteiger partial charge in [0, 0.05) is 12.5 Å². The molecule has 1 atom stereocenters. The molecule has 0 radical (unpaired) electrons. The number of alkyl halides is 3. The van der Waals surface area contributed by atoms with Crippen molar-refractivity contribution >= 4 is 11.6 Å². The Kier molecular flexibility index (Phi) is 4.77. The Hall–Kier alpha value is -0.810. The molecule has 0 heterocycles. The van der Waals surface area contributed by atoms with Gasteiger partial charge < -0.3 is 5.73 Å². The van der Waals surface area contributed by atoms with Crippen molar-refractivity contribution in [2.24, 2.45) is 5.73 Å². The van der Waals surface area contributed by atoms with Crippen molar-refractivity contribution in [3.8, 4) is 0 Å². The predicted octanol–water partition coefficient (Wildman–Crippen LogP) is 3.69. The van der Waals surface area contributed by atoms with Crippen molar-refractivity contribution in [2.75, 3.05) is 0 Å². The number of benzene rings is 1. The highest BCUT2D eigenvalue weighted by Gasteiger charge is 2.27. The lowest BCUT2D eigenvalue weighted by Gasteiger charge is -2.13. The fourth-order valence-corrected chi connectivity index (χ4v) is 1.54. The fraction of sp³-hybridized carbons (Fsp3) is 0.455. The van der Waals surface area contributed by atoms with E-state index in [0.717, 1.165) is 0 Å². The quantitative estimate of drug-likeness (QED) is 0.829. The number of halogens is 5. The smallest absolute Gasteiger partial charge is 0.327 e. The summed E-state index contributed by atoms with van der Waals surface area (Å²) in [6, 6.07) is 3.47. The average Bonchev–Trinajstić information content (AvgIpc) is 2.20. The number of nitrogens with two attached hydrogens (primary N) is 1. The molecule has 1 rings (SSSR count). The summed E-state index contributed by atoms with van der Waals surface area (Å²) in [4.78, 5) is 0. The topological polar surface area (TPSA) is 26.0 Å². The van der Waals surface area contributed by atoms with Gasteiger partial charge in [0.25, 0.3) is 0 Å². The van der Waals surface area contributed by atoms with E-state index < -0.39 is 24.5 Å². The van der Waals surface area contributed by atoms with Gasteiger partial charge in [0.15, 0.2) is 0 Å². The number of hydrogen-bond donors (Lipinski definition) is 1. The summed E-state index contributed by atoms with van der Waals surface area (Å²) in [5, 5.41) is -0.0161. The van der Waals surface area contributed by atoms with Crippen molar-refractivity contribution in [2.45, 2.75) is 31.5 Å². The Morgan fingerprint density at radius 2 is 1.94 bits per heavy atom. The summed E-state index contributed by atoms with van der Waals surface area (Å²) >= 11 is 5.48. The first-order valence-corrected chi connectivity index (χ1v) is 5.42. The second-order valence-corrected chi connectivity index (χ2v) is 4.27. The lowest BCUT2D eigenvalue weighted by Crippen LogP contribution is -2.25. The zero-order valence-electron chi connectivity index (χ0n) is 8.90. The maximum atomic E-state index is 13.1. The first-order chi connectivity index (χ1) is 7.78. The molecule has 1 unspecified atom stereocenters. The monoisotopic (exact) mass is 269 g/mol. The van der Waals surface area contributed by atoms with Gasteiger partial charge in [-0.15, -0.1) is 0 Å². The molecule has 96 valence electrons. The molecule has 1 nitrogen and oxygen atoms in total. The summed E-state index contributed by atoms with van der Waals surface area (Å²) in [6.07, 6.45) is -5.11. The van der Waals surface area contributed by atoms with Crippen LogP contribution in [-0.4, -0.2) is 12.2 Å². The molecule has 0 bridgehead atoms. The molecule has 6 heteroatoms. The number of rotatable bonds is 4. The van der Waals surface area contributed by atoms with Crippen molar-refractivity contribution in [1.29, 1.82) is 0 Å². The van der Waals surface area contributed by atoms with E-state index in [4.69, 9.17) is 17.3 Å². The van der Waals surface area contributed by atoms with Crippen LogP contribution in [0.3, 0.4) is 0 Å². The summed E-state index contributed by atoms with van der Waals surface area (Å²) in [5.41, 5.74) is 6.09. The first kappa shape index (κ1) is 14.3. The second-order valence-electron chi connectivity index (χ2n) is 3.87. The molecule has 0 aliphatic carbocycles. The normalized spacial score (nSPS) is 13.8. The fourth-order valence-electron chi connectivity index (χ4n) is 1.42. The van der Waals surface area contributed by atoms with Crippen LogP contribution in [0.4, 0.5) is 17.6 Å². The molecule has 0 aromatic heterocycles. The molecule has 2 N–H and O–H groups in total. The Balaban J connectivity index is 2.50. The van der Waals surface area contributed by atoms with Crippen molar-refractivity contribution in [1.82, 2.24) is 0 Å². The van der Waals surface area contributed by atoms with Crippen LogP contribution >= 0.6 is 11.6 Å². The van der Waals surface area contributed by atoms with Crippen LogP contribution < -0.4 is 5.73 Å². The minimum absolute atomic E-state index is 0.0161. The highest BCUT2D eigenvalue weighted by atomic mass is 35.5. The largest absolute Gasteiger partial charge is 0.389 e. The van der Waals surface area contributed by atoms with Crippen LogP contribution in [0.1, 0.15) is 18.4 Å². The van der Waals surface area contributed by atoms with E-state index in [2.05, 4.69) is 0 Å². The Labute approximate surface area is 102 Å². The van der Waals surface area contributed by atoms with Crippen LogP contribution in [0.15, 0.2) is 18.2 Å². The third kappa shape index (κ3) is 5.37.